The molecular weight excluding hydrogens is 320 g/mol. The van der Waals surface area contributed by atoms with E-state index in [9.17, 15) is 4.79 Å². The summed E-state index contributed by atoms with van der Waals surface area (Å²) in [6.45, 7) is 0.823. The number of hydrogen-bond donors (Lipinski definition) is 0. The van der Waals surface area contributed by atoms with Gasteiger partial charge in [-0.1, -0.05) is 12.1 Å². The number of piperidine rings is 1. The Hall–Kier alpha value is -2.14. The minimum atomic E-state index is 0.0941. The van der Waals surface area contributed by atoms with Crippen LogP contribution in [0.3, 0.4) is 0 Å². The first kappa shape index (κ1) is 15.4. The van der Waals surface area contributed by atoms with E-state index in [1.165, 1.54) is 4.70 Å². The van der Waals surface area contributed by atoms with Crippen molar-refractivity contribution in [3.05, 3.63) is 53.4 Å². The van der Waals surface area contributed by atoms with Crippen LogP contribution >= 0.6 is 11.3 Å². The van der Waals surface area contributed by atoms with Gasteiger partial charge in [-0.05, 0) is 43.5 Å². The zero-order chi connectivity index (χ0) is 16.4. The van der Waals surface area contributed by atoms with E-state index in [1.54, 1.807) is 17.6 Å². The summed E-state index contributed by atoms with van der Waals surface area (Å²) in [6.07, 6.45) is 6.11. The van der Waals surface area contributed by atoms with Gasteiger partial charge in [-0.3, -0.25) is 4.79 Å². The number of carbonyl (C=O) groups excluding carboxylic acids is 1. The fourth-order valence-electron chi connectivity index (χ4n) is 3.39. The lowest BCUT2D eigenvalue weighted by Gasteiger charge is -2.34. The molecule has 4 rings (SSSR count). The number of furan rings is 1. The largest absolute Gasteiger partial charge is 0.467 e. The van der Waals surface area contributed by atoms with Gasteiger partial charge in [0.05, 0.1) is 27.5 Å². The van der Waals surface area contributed by atoms with Crippen LogP contribution in [-0.4, -0.2) is 22.3 Å². The van der Waals surface area contributed by atoms with E-state index in [2.05, 4.69) is 11.1 Å². The SMILES string of the molecule is O=C(CCc1nc2ccccc2s1)N1CCCC[C@@H]1c1ccco1. The minimum absolute atomic E-state index is 0.0941. The third-order valence-electron chi connectivity index (χ3n) is 4.59. The summed E-state index contributed by atoms with van der Waals surface area (Å²) in [5.41, 5.74) is 1.02. The van der Waals surface area contributed by atoms with Crippen molar-refractivity contribution < 1.29 is 9.21 Å². The van der Waals surface area contributed by atoms with Crippen molar-refractivity contribution in [3.8, 4) is 0 Å². The lowest BCUT2D eigenvalue weighted by atomic mass is 9.99. The van der Waals surface area contributed by atoms with Gasteiger partial charge >= 0.3 is 0 Å². The number of amides is 1. The van der Waals surface area contributed by atoms with E-state index in [0.717, 1.165) is 42.1 Å². The fourth-order valence-corrected chi connectivity index (χ4v) is 4.36. The summed E-state index contributed by atoms with van der Waals surface area (Å²) in [7, 11) is 0. The molecule has 2 aromatic heterocycles. The van der Waals surface area contributed by atoms with Crippen molar-refractivity contribution >= 4 is 27.5 Å². The molecule has 1 amide bonds. The van der Waals surface area contributed by atoms with Crippen LogP contribution in [0.1, 0.15) is 42.5 Å². The van der Waals surface area contributed by atoms with E-state index < -0.39 is 0 Å². The molecule has 3 aromatic rings. The van der Waals surface area contributed by atoms with Crippen molar-refractivity contribution in [3.63, 3.8) is 0 Å². The number of benzene rings is 1. The fraction of sp³-hybridized carbons (Fsp3) is 0.368. The number of carbonyl (C=O) groups is 1. The highest BCUT2D eigenvalue weighted by Gasteiger charge is 2.29. The van der Waals surface area contributed by atoms with Gasteiger partial charge in [0.1, 0.15) is 5.76 Å². The maximum absolute atomic E-state index is 12.8. The first-order valence-electron chi connectivity index (χ1n) is 8.48. The van der Waals surface area contributed by atoms with E-state index in [0.29, 0.717) is 12.8 Å². The number of rotatable bonds is 4. The Balaban J connectivity index is 1.44. The van der Waals surface area contributed by atoms with Crippen molar-refractivity contribution in [2.45, 2.75) is 38.1 Å². The lowest BCUT2D eigenvalue weighted by Crippen LogP contribution is -2.38. The van der Waals surface area contributed by atoms with Crippen LogP contribution in [0.5, 0.6) is 0 Å². The van der Waals surface area contributed by atoms with Crippen LogP contribution in [0.25, 0.3) is 10.2 Å². The average molecular weight is 340 g/mol. The Bertz CT molecular complexity index is 792. The summed E-state index contributed by atoms with van der Waals surface area (Å²) in [5, 5.41) is 1.04. The summed E-state index contributed by atoms with van der Waals surface area (Å²) in [5.74, 6) is 1.11. The van der Waals surface area contributed by atoms with Gasteiger partial charge in [0.25, 0.3) is 0 Å². The second kappa shape index (κ2) is 6.77. The predicted molar refractivity (Wildman–Crippen MR) is 95.0 cm³/mol. The monoisotopic (exact) mass is 340 g/mol. The Morgan fingerprint density at radius 1 is 1.25 bits per heavy atom. The molecule has 5 heteroatoms. The molecule has 0 bridgehead atoms. The van der Waals surface area contributed by atoms with Crippen molar-refractivity contribution in [1.82, 2.24) is 9.88 Å². The van der Waals surface area contributed by atoms with E-state index in [4.69, 9.17) is 4.42 Å². The van der Waals surface area contributed by atoms with E-state index in [-0.39, 0.29) is 11.9 Å². The Morgan fingerprint density at radius 3 is 3.00 bits per heavy atom. The van der Waals surface area contributed by atoms with Crippen LogP contribution in [-0.2, 0) is 11.2 Å². The van der Waals surface area contributed by atoms with Gasteiger partial charge in [-0.25, -0.2) is 4.98 Å². The van der Waals surface area contributed by atoms with Gasteiger partial charge in [-0.2, -0.15) is 0 Å². The quantitative estimate of drug-likeness (QED) is 0.698. The molecule has 1 aromatic carbocycles. The smallest absolute Gasteiger partial charge is 0.223 e. The highest BCUT2D eigenvalue weighted by atomic mass is 32.1. The number of thiazole rings is 1. The molecule has 1 saturated heterocycles. The number of hydrogen-bond acceptors (Lipinski definition) is 4. The van der Waals surface area contributed by atoms with Gasteiger partial charge in [-0.15, -0.1) is 11.3 Å². The number of likely N-dealkylation sites (tertiary alicyclic amines) is 1. The molecule has 0 spiro atoms. The standard InChI is InChI=1S/C19H20N2O2S/c22-19(11-10-18-20-14-6-1-2-9-17(14)24-18)21-12-4-3-7-15(21)16-8-5-13-23-16/h1-2,5-6,8-9,13,15H,3-4,7,10-12H2/t15-/m1/s1. The van der Waals surface area contributed by atoms with E-state index >= 15 is 0 Å². The predicted octanol–water partition coefficient (Wildman–Crippen LogP) is 4.58. The molecule has 1 aliphatic rings. The topological polar surface area (TPSA) is 46.3 Å². The van der Waals surface area contributed by atoms with Gasteiger partial charge in [0.2, 0.25) is 5.91 Å². The van der Waals surface area contributed by atoms with Crippen LogP contribution in [0.4, 0.5) is 0 Å². The number of fused-ring (bicyclic) bond motifs is 1. The molecule has 0 N–H and O–H groups in total. The molecule has 1 aliphatic heterocycles. The van der Waals surface area contributed by atoms with E-state index in [1.807, 2.05) is 35.2 Å². The molecule has 24 heavy (non-hydrogen) atoms. The number of nitrogens with zero attached hydrogens (tertiary/aromatic N) is 2. The average Bonchev–Trinajstić information content (AvgIpc) is 3.28. The lowest BCUT2D eigenvalue weighted by molar-refractivity contribution is -0.135. The second-order valence-corrected chi connectivity index (χ2v) is 7.30. The first-order chi connectivity index (χ1) is 11.8. The summed E-state index contributed by atoms with van der Waals surface area (Å²) < 4.78 is 6.74. The molecule has 1 atom stereocenters. The minimum Gasteiger partial charge on any atom is -0.467 e. The maximum atomic E-state index is 12.8. The van der Waals surface area contributed by atoms with Gasteiger partial charge in [0.15, 0.2) is 0 Å². The van der Waals surface area contributed by atoms with Crippen molar-refractivity contribution in [1.29, 1.82) is 0 Å². The first-order valence-corrected chi connectivity index (χ1v) is 9.30. The molecule has 1 fully saturated rings. The molecule has 3 heterocycles. The van der Waals surface area contributed by atoms with Crippen molar-refractivity contribution in [2.24, 2.45) is 0 Å². The second-order valence-electron chi connectivity index (χ2n) is 6.19. The molecule has 124 valence electrons. The summed E-state index contributed by atoms with van der Waals surface area (Å²) >= 11 is 1.68. The molecule has 0 radical (unpaired) electrons. The Kier molecular flexibility index (Phi) is 4.34. The molecule has 0 aliphatic carbocycles. The highest BCUT2D eigenvalue weighted by molar-refractivity contribution is 7.18. The Labute approximate surface area is 145 Å². The number of aryl methyl sites for hydroxylation is 1. The van der Waals surface area contributed by atoms with Crippen LogP contribution in [0.2, 0.25) is 0 Å². The maximum Gasteiger partial charge on any atom is 0.223 e. The van der Waals surface area contributed by atoms with Gasteiger partial charge < -0.3 is 9.32 Å². The highest BCUT2D eigenvalue weighted by Crippen LogP contribution is 2.32. The van der Waals surface area contributed by atoms with Crippen LogP contribution < -0.4 is 0 Å². The summed E-state index contributed by atoms with van der Waals surface area (Å²) in [6, 6.07) is 12.1. The van der Waals surface area contributed by atoms with Crippen molar-refractivity contribution in [2.75, 3.05) is 6.54 Å². The van der Waals surface area contributed by atoms with Gasteiger partial charge in [0, 0.05) is 19.4 Å². The zero-order valence-corrected chi connectivity index (χ0v) is 14.3. The summed E-state index contributed by atoms with van der Waals surface area (Å²) in [4.78, 5) is 19.4. The number of para-hydroxylation sites is 1. The molecular formula is C19H20N2O2S. The normalized spacial score (nSPS) is 18.2. The third kappa shape index (κ3) is 3.08. The molecule has 0 unspecified atom stereocenters. The molecule has 0 saturated carbocycles. The van der Waals surface area contributed by atoms with Crippen LogP contribution in [0, 0.1) is 0 Å². The Morgan fingerprint density at radius 2 is 2.17 bits per heavy atom. The third-order valence-corrected chi connectivity index (χ3v) is 5.68. The van der Waals surface area contributed by atoms with Crippen LogP contribution in [0.15, 0.2) is 47.1 Å². The molecule has 4 nitrogen and oxygen atoms in total. The zero-order valence-electron chi connectivity index (χ0n) is 13.5. The number of aromatic nitrogens is 1.